The third-order valence-corrected chi connectivity index (χ3v) is 0.862. The fraction of sp³-hybridized carbons (Fsp3) is 0.500. The van der Waals surface area contributed by atoms with Crippen molar-refractivity contribution in [1.29, 1.82) is 5.26 Å². The van der Waals surface area contributed by atoms with Crippen LogP contribution in [-0.4, -0.2) is 11.7 Å². The van der Waals surface area contributed by atoms with Gasteiger partial charge in [-0.15, -0.1) is 0 Å². The Balaban J connectivity index is 3.72. The van der Waals surface area contributed by atoms with Crippen molar-refractivity contribution >= 4 is 0 Å². The van der Waals surface area contributed by atoms with Crippen molar-refractivity contribution in [2.24, 2.45) is 0 Å². The molecule has 0 aliphatic rings. The fourth-order valence-corrected chi connectivity index (χ4v) is 0.379. The highest BCUT2D eigenvalue weighted by Crippen LogP contribution is 1.95. The van der Waals surface area contributed by atoms with Crippen molar-refractivity contribution in [2.75, 3.05) is 6.61 Å². The highest BCUT2D eigenvalue weighted by molar-refractivity contribution is 5.19. The van der Waals surface area contributed by atoms with Gasteiger partial charge in [0, 0.05) is 5.57 Å². The lowest BCUT2D eigenvalue weighted by Crippen LogP contribution is -1.78. The standard InChI is InChI=1S/C6H9NO/c1-2-6(5-7)3-4-8/h3,8H,2,4H2,1H3/b6-3-. The summed E-state index contributed by atoms with van der Waals surface area (Å²) in [5, 5.41) is 16.5. The second kappa shape index (κ2) is 4.35. The molecule has 0 atom stereocenters. The zero-order valence-electron chi connectivity index (χ0n) is 4.89. The van der Waals surface area contributed by atoms with E-state index in [9.17, 15) is 0 Å². The van der Waals surface area contributed by atoms with Gasteiger partial charge in [0.1, 0.15) is 0 Å². The summed E-state index contributed by atoms with van der Waals surface area (Å²) in [6, 6.07) is 1.95. The maximum atomic E-state index is 8.27. The van der Waals surface area contributed by atoms with Crippen molar-refractivity contribution in [3.8, 4) is 6.07 Å². The monoisotopic (exact) mass is 111 g/mol. The van der Waals surface area contributed by atoms with E-state index in [4.69, 9.17) is 10.4 Å². The summed E-state index contributed by atoms with van der Waals surface area (Å²) >= 11 is 0. The Labute approximate surface area is 49.1 Å². The minimum absolute atomic E-state index is 0.0310. The van der Waals surface area contributed by atoms with Gasteiger partial charge in [0.2, 0.25) is 0 Å². The molecule has 0 heterocycles. The third kappa shape index (κ3) is 2.38. The average molecular weight is 111 g/mol. The molecular formula is C6H9NO. The number of hydrogen-bond acceptors (Lipinski definition) is 2. The zero-order valence-corrected chi connectivity index (χ0v) is 4.89. The van der Waals surface area contributed by atoms with Crippen molar-refractivity contribution in [1.82, 2.24) is 0 Å². The van der Waals surface area contributed by atoms with E-state index in [2.05, 4.69) is 0 Å². The molecule has 2 heteroatoms. The fourth-order valence-electron chi connectivity index (χ4n) is 0.379. The summed E-state index contributed by atoms with van der Waals surface area (Å²) < 4.78 is 0. The molecule has 0 amide bonds. The van der Waals surface area contributed by atoms with Gasteiger partial charge in [-0.25, -0.2) is 0 Å². The molecule has 2 nitrogen and oxygen atoms in total. The second-order valence-corrected chi connectivity index (χ2v) is 1.38. The molecule has 0 saturated heterocycles. The number of aliphatic hydroxyl groups excluding tert-OH is 1. The molecule has 1 N–H and O–H groups in total. The summed E-state index contributed by atoms with van der Waals surface area (Å²) in [4.78, 5) is 0. The van der Waals surface area contributed by atoms with E-state index in [0.29, 0.717) is 12.0 Å². The minimum atomic E-state index is -0.0310. The summed E-state index contributed by atoms with van der Waals surface area (Å²) in [7, 11) is 0. The van der Waals surface area contributed by atoms with Crippen LogP contribution in [0.1, 0.15) is 13.3 Å². The summed E-state index contributed by atoms with van der Waals surface area (Å²) in [5.41, 5.74) is 0.646. The van der Waals surface area contributed by atoms with E-state index in [1.54, 1.807) is 0 Å². The van der Waals surface area contributed by atoms with E-state index in [-0.39, 0.29) is 6.61 Å². The smallest absolute Gasteiger partial charge is 0.0944 e. The maximum absolute atomic E-state index is 8.27. The minimum Gasteiger partial charge on any atom is -0.392 e. The van der Waals surface area contributed by atoms with E-state index in [0.717, 1.165) is 0 Å². The first-order chi connectivity index (χ1) is 3.85. The molecule has 44 valence electrons. The SMILES string of the molecule is CC/C(C#N)=C/CO. The lowest BCUT2D eigenvalue weighted by atomic mass is 10.2. The van der Waals surface area contributed by atoms with E-state index < -0.39 is 0 Å². The first-order valence-corrected chi connectivity index (χ1v) is 2.55. The number of allylic oxidation sites excluding steroid dienone is 1. The quantitative estimate of drug-likeness (QED) is 0.536. The Morgan fingerprint density at radius 3 is 2.62 bits per heavy atom. The topological polar surface area (TPSA) is 44.0 Å². The molecule has 0 unspecified atom stereocenters. The van der Waals surface area contributed by atoms with Crippen LogP contribution < -0.4 is 0 Å². The molecule has 0 aliphatic carbocycles. The average Bonchev–Trinajstić information content (AvgIpc) is 1.83. The number of aliphatic hydroxyl groups is 1. The van der Waals surface area contributed by atoms with Gasteiger partial charge in [-0.2, -0.15) is 5.26 Å². The number of hydrogen-bond donors (Lipinski definition) is 1. The van der Waals surface area contributed by atoms with Crippen LogP contribution in [0.5, 0.6) is 0 Å². The largest absolute Gasteiger partial charge is 0.392 e. The van der Waals surface area contributed by atoms with E-state index in [1.807, 2.05) is 13.0 Å². The normalized spacial score (nSPS) is 10.9. The molecule has 0 aromatic heterocycles. The molecule has 0 saturated carbocycles. The molecule has 0 rings (SSSR count). The Hall–Kier alpha value is -0.810. The molecule has 0 aromatic rings. The van der Waals surface area contributed by atoms with Gasteiger partial charge in [0.15, 0.2) is 0 Å². The highest BCUT2D eigenvalue weighted by Gasteiger charge is 1.85. The van der Waals surface area contributed by atoms with Crippen LogP contribution in [0.4, 0.5) is 0 Å². The van der Waals surface area contributed by atoms with Crippen LogP contribution in [0.2, 0.25) is 0 Å². The number of rotatable bonds is 2. The Bertz CT molecular complexity index is 121. The Morgan fingerprint density at radius 1 is 1.88 bits per heavy atom. The van der Waals surface area contributed by atoms with Crippen LogP contribution >= 0.6 is 0 Å². The zero-order chi connectivity index (χ0) is 6.41. The highest BCUT2D eigenvalue weighted by atomic mass is 16.2. The number of nitriles is 1. The van der Waals surface area contributed by atoms with Gasteiger partial charge in [0.05, 0.1) is 12.7 Å². The van der Waals surface area contributed by atoms with Crippen molar-refractivity contribution in [3.63, 3.8) is 0 Å². The van der Waals surface area contributed by atoms with Crippen LogP contribution in [0.25, 0.3) is 0 Å². The van der Waals surface area contributed by atoms with Gasteiger partial charge in [-0.05, 0) is 12.5 Å². The van der Waals surface area contributed by atoms with E-state index in [1.165, 1.54) is 6.08 Å². The predicted molar refractivity (Wildman–Crippen MR) is 31.1 cm³/mol. The summed E-state index contributed by atoms with van der Waals surface area (Å²) in [6.07, 6.45) is 2.22. The van der Waals surface area contributed by atoms with Crippen molar-refractivity contribution < 1.29 is 5.11 Å². The van der Waals surface area contributed by atoms with Gasteiger partial charge in [0.25, 0.3) is 0 Å². The second-order valence-electron chi connectivity index (χ2n) is 1.38. The molecule has 0 aliphatic heterocycles. The Kier molecular flexibility index (Phi) is 3.91. The maximum Gasteiger partial charge on any atom is 0.0944 e. The van der Waals surface area contributed by atoms with Gasteiger partial charge >= 0.3 is 0 Å². The molecule has 0 spiro atoms. The Morgan fingerprint density at radius 2 is 2.50 bits per heavy atom. The lowest BCUT2D eigenvalue weighted by Gasteiger charge is -1.85. The molecule has 8 heavy (non-hydrogen) atoms. The van der Waals surface area contributed by atoms with Crippen molar-refractivity contribution in [3.05, 3.63) is 11.6 Å². The first kappa shape index (κ1) is 7.19. The van der Waals surface area contributed by atoms with Gasteiger partial charge in [-0.3, -0.25) is 0 Å². The van der Waals surface area contributed by atoms with Crippen molar-refractivity contribution in [2.45, 2.75) is 13.3 Å². The first-order valence-electron chi connectivity index (χ1n) is 2.55. The van der Waals surface area contributed by atoms with Crippen LogP contribution in [0.15, 0.2) is 11.6 Å². The molecule has 0 radical (unpaired) electrons. The molecular weight excluding hydrogens is 102 g/mol. The third-order valence-electron chi connectivity index (χ3n) is 0.862. The summed E-state index contributed by atoms with van der Waals surface area (Å²) in [6.45, 7) is 1.85. The van der Waals surface area contributed by atoms with Crippen LogP contribution in [0, 0.1) is 11.3 Å². The lowest BCUT2D eigenvalue weighted by molar-refractivity contribution is 0.342. The van der Waals surface area contributed by atoms with E-state index >= 15 is 0 Å². The van der Waals surface area contributed by atoms with Gasteiger partial charge < -0.3 is 5.11 Å². The van der Waals surface area contributed by atoms with Crippen LogP contribution in [-0.2, 0) is 0 Å². The molecule has 0 fully saturated rings. The predicted octanol–water partition coefficient (Wildman–Crippen LogP) is 0.839. The van der Waals surface area contributed by atoms with Crippen LogP contribution in [0.3, 0.4) is 0 Å². The molecule has 0 aromatic carbocycles. The summed E-state index contributed by atoms with van der Waals surface area (Å²) in [5.74, 6) is 0. The number of nitrogens with zero attached hydrogens (tertiary/aromatic N) is 1. The molecule has 0 bridgehead atoms. The van der Waals surface area contributed by atoms with Gasteiger partial charge in [-0.1, -0.05) is 6.92 Å².